The van der Waals surface area contributed by atoms with Crippen molar-refractivity contribution in [3.05, 3.63) is 65.2 Å². The van der Waals surface area contributed by atoms with E-state index in [2.05, 4.69) is 47.6 Å². The summed E-state index contributed by atoms with van der Waals surface area (Å²) in [4.78, 5) is 14.2. The molecule has 0 saturated heterocycles. The fraction of sp³-hybridized carbons (Fsp3) is 0.316. The van der Waals surface area contributed by atoms with Crippen molar-refractivity contribution in [1.29, 1.82) is 0 Å². The average Bonchev–Trinajstić information content (AvgIpc) is 2.55. The van der Waals surface area contributed by atoms with E-state index < -0.39 is 11.7 Å². The van der Waals surface area contributed by atoms with E-state index in [0.29, 0.717) is 0 Å². The van der Waals surface area contributed by atoms with Gasteiger partial charge in [-0.3, -0.25) is 5.32 Å². The predicted octanol–water partition coefficient (Wildman–Crippen LogP) is 4.40. The van der Waals surface area contributed by atoms with Gasteiger partial charge >= 0.3 is 6.09 Å². The molecule has 24 heavy (non-hydrogen) atoms. The summed E-state index contributed by atoms with van der Waals surface area (Å²) in [6.45, 7) is 3.34. The molecular formula is C19H21ClN2O2. The van der Waals surface area contributed by atoms with Crippen LogP contribution in [-0.4, -0.2) is 30.1 Å². The fourth-order valence-electron chi connectivity index (χ4n) is 3.23. The Balaban J connectivity index is 1.94. The SMILES string of the molecule is CC(Cl)OC(=O)Nc1cccc2c1CN(C)CC2c1ccccc1. The van der Waals surface area contributed by atoms with E-state index in [-0.39, 0.29) is 5.92 Å². The molecule has 2 unspecified atom stereocenters. The van der Waals surface area contributed by atoms with Gasteiger partial charge in [0.1, 0.15) is 0 Å². The number of anilines is 1. The second-order valence-electron chi connectivity index (χ2n) is 6.11. The third kappa shape index (κ3) is 3.71. The molecule has 0 saturated carbocycles. The van der Waals surface area contributed by atoms with Gasteiger partial charge in [0.25, 0.3) is 0 Å². The molecule has 0 radical (unpaired) electrons. The molecule has 1 amide bonds. The van der Waals surface area contributed by atoms with Crippen LogP contribution >= 0.6 is 11.6 Å². The molecule has 1 aliphatic heterocycles. The first-order valence-electron chi connectivity index (χ1n) is 8.01. The van der Waals surface area contributed by atoms with Crippen molar-refractivity contribution in [3.63, 3.8) is 0 Å². The highest BCUT2D eigenvalue weighted by Gasteiger charge is 2.27. The Morgan fingerprint density at radius 3 is 2.71 bits per heavy atom. The van der Waals surface area contributed by atoms with Crippen LogP contribution in [0.5, 0.6) is 0 Å². The second kappa shape index (κ2) is 7.24. The number of carbonyl (C=O) groups excluding carboxylic acids is 1. The van der Waals surface area contributed by atoms with Crippen molar-refractivity contribution in [3.8, 4) is 0 Å². The Labute approximate surface area is 147 Å². The number of hydrogen-bond acceptors (Lipinski definition) is 3. The molecule has 2 atom stereocenters. The number of halogens is 1. The van der Waals surface area contributed by atoms with Gasteiger partial charge in [0.05, 0.1) is 0 Å². The molecule has 5 heteroatoms. The number of rotatable bonds is 3. The third-order valence-electron chi connectivity index (χ3n) is 4.22. The van der Waals surface area contributed by atoms with Crippen LogP contribution in [0.4, 0.5) is 10.5 Å². The summed E-state index contributed by atoms with van der Waals surface area (Å²) in [6, 6.07) is 16.5. The molecule has 2 aromatic carbocycles. The highest BCUT2D eigenvalue weighted by Crippen LogP contribution is 2.36. The van der Waals surface area contributed by atoms with Gasteiger partial charge in [0.15, 0.2) is 5.56 Å². The highest BCUT2D eigenvalue weighted by molar-refractivity contribution is 6.20. The fourth-order valence-corrected chi connectivity index (χ4v) is 3.31. The smallest absolute Gasteiger partial charge is 0.413 e. The summed E-state index contributed by atoms with van der Waals surface area (Å²) in [5, 5.41) is 2.82. The van der Waals surface area contributed by atoms with E-state index in [4.69, 9.17) is 16.3 Å². The van der Waals surface area contributed by atoms with Crippen LogP contribution in [0.1, 0.15) is 29.5 Å². The summed E-state index contributed by atoms with van der Waals surface area (Å²) in [7, 11) is 2.09. The molecule has 1 heterocycles. The Morgan fingerprint density at radius 1 is 1.25 bits per heavy atom. The minimum absolute atomic E-state index is 0.282. The molecule has 126 valence electrons. The monoisotopic (exact) mass is 344 g/mol. The Hall–Kier alpha value is -2.04. The van der Waals surface area contributed by atoms with Gasteiger partial charge in [-0.05, 0) is 36.7 Å². The first kappa shape index (κ1) is 16.8. The van der Waals surface area contributed by atoms with Crippen LogP contribution in [0, 0.1) is 0 Å². The summed E-state index contributed by atoms with van der Waals surface area (Å²) >= 11 is 5.72. The number of alkyl halides is 1. The van der Waals surface area contributed by atoms with Crippen molar-refractivity contribution >= 4 is 23.4 Å². The number of fused-ring (bicyclic) bond motifs is 1. The number of hydrogen-bond donors (Lipinski definition) is 1. The molecule has 4 nitrogen and oxygen atoms in total. The summed E-state index contributed by atoms with van der Waals surface area (Å²) in [5.74, 6) is 0.282. The first-order valence-corrected chi connectivity index (χ1v) is 8.45. The molecule has 0 aromatic heterocycles. The minimum Gasteiger partial charge on any atom is -0.430 e. The molecule has 2 aromatic rings. The maximum absolute atomic E-state index is 11.9. The third-order valence-corrected chi connectivity index (χ3v) is 4.31. The van der Waals surface area contributed by atoms with Crippen molar-refractivity contribution in [1.82, 2.24) is 4.90 Å². The van der Waals surface area contributed by atoms with Crippen LogP contribution in [-0.2, 0) is 11.3 Å². The van der Waals surface area contributed by atoms with Gasteiger partial charge in [0.2, 0.25) is 0 Å². The Bertz CT molecular complexity index is 719. The molecule has 0 bridgehead atoms. The molecule has 3 rings (SSSR count). The number of likely N-dealkylation sites (N-methyl/N-ethyl adjacent to an activating group) is 1. The van der Waals surface area contributed by atoms with Crippen molar-refractivity contribution in [2.75, 3.05) is 18.9 Å². The largest absolute Gasteiger partial charge is 0.430 e. The van der Waals surface area contributed by atoms with Gasteiger partial charge in [-0.15, -0.1) is 0 Å². The molecular weight excluding hydrogens is 324 g/mol. The molecule has 1 N–H and O–H groups in total. The van der Waals surface area contributed by atoms with Gasteiger partial charge < -0.3 is 9.64 Å². The maximum Gasteiger partial charge on any atom is 0.413 e. The topological polar surface area (TPSA) is 41.6 Å². The van der Waals surface area contributed by atoms with Crippen molar-refractivity contribution in [2.24, 2.45) is 0 Å². The summed E-state index contributed by atoms with van der Waals surface area (Å²) in [5.41, 5.74) is 3.77. The number of nitrogens with zero attached hydrogens (tertiary/aromatic N) is 1. The van der Waals surface area contributed by atoms with Gasteiger partial charge in [-0.2, -0.15) is 0 Å². The normalized spacial score (nSPS) is 18.5. The van der Waals surface area contributed by atoms with Crippen LogP contribution in [0.15, 0.2) is 48.5 Å². The number of nitrogens with one attached hydrogen (secondary N) is 1. The van der Waals surface area contributed by atoms with Gasteiger partial charge in [0, 0.05) is 24.7 Å². The Morgan fingerprint density at radius 2 is 2.00 bits per heavy atom. The zero-order valence-electron chi connectivity index (χ0n) is 13.8. The number of ether oxygens (including phenoxy) is 1. The lowest BCUT2D eigenvalue weighted by Crippen LogP contribution is -2.32. The minimum atomic E-state index is -0.663. The lowest BCUT2D eigenvalue weighted by Gasteiger charge is -2.34. The maximum atomic E-state index is 11.9. The van der Waals surface area contributed by atoms with E-state index in [0.717, 1.165) is 24.3 Å². The van der Waals surface area contributed by atoms with E-state index in [1.165, 1.54) is 11.1 Å². The lowest BCUT2D eigenvalue weighted by atomic mass is 9.84. The van der Waals surface area contributed by atoms with E-state index >= 15 is 0 Å². The molecule has 0 spiro atoms. The number of amides is 1. The van der Waals surface area contributed by atoms with Crippen LogP contribution < -0.4 is 5.32 Å². The van der Waals surface area contributed by atoms with Crippen LogP contribution in [0.3, 0.4) is 0 Å². The Kier molecular flexibility index (Phi) is 5.07. The number of carbonyl (C=O) groups is 1. The lowest BCUT2D eigenvalue weighted by molar-refractivity contribution is 0.154. The highest BCUT2D eigenvalue weighted by atomic mass is 35.5. The number of benzene rings is 2. The summed E-state index contributed by atoms with van der Waals surface area (Å²) < 4.78 is 4.99. The quantitative estimate of drug-likeness (QED) is 0.839. The average molecular weight is 345 g/mol. The predicted molar refractivity (Wildman–Crippen MR) is 96.5 cm³/mol. The van der Waals surface area contributed by atoms with E-state index in [1.807, 2.05) is 18.2 Å². The van der Waals surface area contributed by atoms with E-state index in [9.17, 15) is 4.79 Å². The zero-order chi connectivity index (χ0) is 17.1. The van der Waals surface area contributed by atoms with Crippen LogP contribution in [0.25, 0.3) is 0 Å². The van der Waals surface area contributed by atoms with Crippen molar-refractivity contribution < 1.29 is 9.53 Å². The first-order chi connectivity index (χ1) is 11.5. The van der Waals surface area contributed by atoms with E-state index in [1.54, 1.807) is 6.92 Å². The molecule has 0 aliphatic carbocycles. The molecule has 1 aliphatic rings. The van der Waals surface area contributed by atoms with Crippen LogP contribution in [0.2, 0.25) is 0 Å². The summed E-state index contributed by atoms with van der Waals surface area (Å²) in [6.07, 6.45) is -0.532. The standard InChI is InChI=1S/C19H21ClN2O2/c1-13(20)24-19(23)21-18-10-6-9-15-16(11-22(2)12-17(15)18)14-7-4-3-5-8-14/h3-10,13,16H,11-12H2,1-2H3,(H,21,23). The van der Waals surface area contributed by atoms with Crippen molar-refractivity contribution in [2.45, 2.75) is 24.9 Å². The second-order valence-corrected chi connectivity index (χ2v) is 6.72. The van der Waals surface area contributed by atoms with Gasteiger partial charge in [-0.1, -0.05) is 54.1 Å². The van der Waals surface area contributed by atoms with Gasteiger partial charge in [-0.25, -0.2) is 4.79 Å². The molecule has 0 fully saturated rings. The zero-order valence-corrected chi connectivity index (χ0v) is 14.6.